The molecule has 0 spiro atoms. The molecule has 0 atom stereocenters. The lowest BCUT2D eigenvalue weighted by Crippen LogP contribution is -1.88. The van der Waals surface area contributed by atoms with Gasteiger partial charge >= 0.3 is 0 Å². The lowest BCUT2D eigenvalue weighted by atomic mass is 10.2. The number of anilines is 1. The molecule has 1 heterocycles. The zero-order chi connectivity index (χ0) is 9.42. The standard InChI is InChI=1S/C8H7BrN2O2/c1-12-5-2-4(9)3-6-7(5)8(10)11-13-6/h2-3H,1H3,(H2,10,11). The van der Waals surface area contributed by atoms with Crippen LogP contribution in [0.3, 0.4) is 0 Å². The highest BCUT2D eigenvalue weighted by Crippen LogP contribution is 2.33. The molecule has 1 aromatic carbocycles. The Morgan fingerprint density at radius 1 is 1.54 bits per heavy atom. The minimum Gasteiger partial charge on any atom is -0.496 e. The van der Waals surface area contributed by atoms with Crippen LogP contribution < -0.4 is 10.5 Å². The van der Waals surface area contributed by atoms with E-state index in [0.717, 1.165) is 4.47 Å². The topological polar surface area (TPSA) is 61.3 Å². The van der Waals surface area contributed by atoms with Crippen LogP contribution >= 0.6 is 15.9 Å². The van der Waals surface area contributed by atoms with Crippen LogP contribution in [0, 0.1) is 0 Å². The maximum Gasteiger partial charge on any atom is 0.178 e. The maximum atomic E-state index is 5.60. The van der Waals surface area contributed by atoms with Crippen molar-refractivity contribution in [1.82, 2.24) is 5.16 Å². The van der Waals surface area contributed by atoms with Crippen molar-refractivity contribution in [3.63, 3.8) is 0 Å². The fourth-order valence-electron chi connectivity index (χ4n) is 1.19. The van der Waals surface area contributed by atoms with E-state index >= 15 is 0 Å². The van der Waals surface area contributed by atoms with E-state index in [0.29, 0.717) is 22.5 Å². The number of fused-ring (bicyclic) bond motifs is 1. The molecule has 0 saturated carbocycles. The Morgan fingerprint density at radius 3 is 3.00 bits per heavy atom. The van der Waals surface area contributed by atoms with Gasteiger partial charge in [0.1, 0.15) is 11.1 Å². The second-order valence-electron chi connectivity index (χ2n) is 2.55. The largest absolute Gasteiger partial charge is 0.496 e. The maximum absolute atomic E-state index is 5.60. The molecule has 0 radical (unpaired) electrons. The summed E-state index contributed by atoms with van der Waals surface area (Å²) < 4.78 is 11.0. The Kier molecular flexibility index (Phi) is 1.88. The first-order chi connectivity index (χ1) is 6.22. The fraction of sp³-hybridized carbons (Fsp3) is 0.125. The van der Waals surface area contributed by atoms with Gasteiger partial charge < -0.3 is 15.0 Å². The van der Waals surface area contributed by atoms with Crippen molar-refractivity contribution in [2.75, 3.05) is 12.8 Å². The van der Waals surface area contributed by atoms with Crippen LogP contribution in [-0.2, 0) is 0 Å². The summed E-state index contributed by atoms with van der Waals surface area (Å²) in [6.07, 6.45) is 0. The van der Waals surface area contributed by atoms with Crippen molar-refractivity contribution in [2.45, 2.75) is 0 Å². The second kappa shape index (κ2) is 2.92. The van der Waals surface area contributed by atoms with Crippen molar-refractivity contribution in [1.29, 1.82) is 0 Å². The number of nitrogens with two attached hydrogens (primary N) is 1. The van der Waals surface area contributed by atoms with E-state index in [4.69, 9.17) is 15.0 Å². The highest BCUT2D eigenvalue weighted by Gasteiger charge is 2.11. The number of nitrogens with zero attached hydrogens (tertiary/aromatic N) is 1. The minimum atomic E-state index is 0.347. The smallest absolute Gasteiger partial charge is 0.178 e. The van der Waals surface area contributed by atoms with Crippen molar-refractivity contribution in [3.05, 3.63) is 16.6 Å². The van der Waals surface area contributed by atoms with Gasteiger partial charge in [-0.05, 0) is 12.1 Å². The van der Waals surface area contributed by atoms with E-state index in [1.54, 1.807) is 13.2 Å². The van der Waals surface area contributed by atoms with Crippen LogP contribution in [0.4, 0.5) is 5.82 Å². The van der Waals surface area contributed by atoms with E-state index in [9.17, 15) is 0 Å². The SMILES string of the molecule is COc1cc(Br)cc2onc(N)c12. The molecule has 5 heteroatoms. The molecule has 0 aliphatic heterocycles. The number of benzene rings is 1. The van der Waals surface area contributed by atoms with Crippen LogP contribution in [0.1, 0.15) is 0 Å². The van der Waals surface area contributed by atoms with Gasteiger partial charge in [-0.1, -0.05) is 21.1 Å². The van der Waals surface area contributed by atoms with E-state index in [-0.39, 0.29) is 0 Å². The Labute approximate surface area is 82.8 Å². The first-order valence-electron chi connectivity index (χ1n) is 3.61. The Morgan fingerprint density at radius 2 is 2.31 bits per heavy atom. The number of aromatic nitrogens is 1. The molecule has 0 aliphatic rings. The average Bonchev–Trinajstić information content (AvgIpc) is 2.46. The van der Waals surface area contributed by atoms with Crippen LogP contribution in [-0.4, -0.2) is 12.3 Å². The molecule has 0 fully saturated rings. The number of halogens is 1. The molecule has 13 heavy (non-hydrogen) atoms. The van der Waals surface area contributed by atoms with Crippen LogP contribution in [0.2, 0.25) is 0 Å². The molecule has 2 N–H and O–H groups in total. The number of nitrogen functional groups attached to an aromatic ring is 1. The highest BCUT2D eigenvalue weighted by atomic mass is 79.9. The third-order valence-electron chi connectivity index (χ3n) is 1.75. The molecule has 2 rings (SSSR count). The molecule has 2 aromatic rings. The van der Waals surface area contributed by atoms with E-state index < -0.39 is 0 Å². The van der Waals surface area contributed by atoms with Crippen LogP contribution in [0.15, 0.2) is 21.1 Å². The number of rotatable bonds is 1. The molecule has 68 valence electrons. The number of methoxy groups -OCH3 is 1. The van der Waals surface area contributed by atoms with Crippen molar-refractivity contribution >= 4 is 32.7 Å². The Hall–Kier alpha value is -1.23. The predicted octanol–water partition coefficient (Wildman–Crippen LogP) is 2.18. The summed E-state index contributed by atoms with van der Waals surface area (Å²) in [6, 6.07) is 3.61. The molecule has 1 aromatic heterocycles. The van der Waals surface area contributed by atoms with Gasteiger partial charge in [0.2, 0.25) is 0 Å². The summed E-state index contributed by atoms with van der Waals surface area (Å²) in [5.41, 5.74) is 6.22. The number of hydrogen-bond acceptors (Lipinski definition) is 4. The first-order valence-corrected chi connectivity index (χ1v) is 4.40. The number of ether oxygens (including phenoxy) is 1. The van der Waals surface area contributed by atoms with Gasteiger partial charge in [-0.15, -0.1) is 0 Å². The molecule has 0 bridgehead atoms. The summed E-state index contributed by atoms with van der Waals surface area (Å²) in [7, 11) is 1.58. The summed E-state index contributed by atoms with van der Waals surface area (Å²) in [5, 5.41) is 4.36. The summed E-state index contributed by atoms with van der Waals surface area (Å²) in [6.45, 7) is 0. The van der Waals surface area contributed by atoms with Crippen molar-refractivity contribution < 1.29 is 9.26 Å². The molecule has 0 unspecified atom stereocenters. The molecule has 0 saturated heterocycles. The molecule has 4 nitrogen and oxygen atoms in total. The van der Waals surface area contributed by atoms with Crippen molar-refractivity contribution in [2.24, 2.45) is 0 Å². The average molecular weight is 243 g/mol. The van der Waals surface area contributed by atoms with Gasteiger partial charge in [0.25, 0.3) is 0 Å². The monoisotopic (exact) mass is 242 g/mol. The fourth-order valence-corrected chi connectivity index (χ4v) is 1.60. The normalized spacial score (nSPS) is 10.6. The van der Waals surface area contributed by atoms with Crippen molar-refractivity contribution in [3.8, 4) is 5.75 Å². The van der Waals surface area contributed by atoms with Gasteiger partial charge in [0, 0.05) is 4.47 Å². The lowest BCUT2D eigenvalue weighted by molar-refractivity contribution is 0.419. The Bertz CT molecular complexity index is 453. The third-order valence-corrected chi connectivity index (χ3v) is 2.21. The first kappa shape index (κ1) is 8.37. The van der Waals surface area contributed by atoms with Gasteiger partial charge in [0.15, 0.2) is 11.4 Å². The summed E-state index contributed by atoms with van der Waals surface area (Å²) in [5.74, 6) is 1.00. The van der Waals surface area contributed by atoms with Gasteiger partial charge in [-0.25, -0.2) is 0 Å². The van der Waals surface area contributed by atoms with E-state index in [1.165, 1.54) is 0 Å². The van der Waals surface area contributed by atoms with Crippen LogP contribution in [0.5, 0.6) is 5.75 Å². The van der Waals surface area contributed by atoms with Crippen LogP contribution in [0.25, 0.3) is 11.0 Å². The summed E-state index contributed by atoms with van der Waals surface area (Å²) in [4.78, 5) is 0. The summed E-state index contributed by atoms with van der Waals surface area (Å²) >= 11 is 3.32. The van der Waals surface area contributed by atoms with Gasteiger partial charge in [-0.3, -0.25) is 0 Å². The molecular weight excluding hydrogens is 236 g/mol. The predicted molar refractivity (Wildman–Crippen MR) is 52.7 cm³/mol. The second-order valence-corrected chi connectivity index (χ2v) is 3.46. The Balaban J connectivity index is 2.85. The lowest BCUT2D eigenvalue weighted by Gasteiger charge is -2.00. The third kappa shape index (κ3) is 1.25. The molecule has 0 amide bonds. The van der Waals surface area contributed by atoms with Gasteiger partial charge in [-0.2, -0.15) is 0 Å². The minimum absolute atomic E-state index is 0.347. The zero-order valence-electron chi connectivity index (χ0n) is 6.87. The molecule has 0 aliphatic carbocycles. The quantitative estimate of drug-likeness (QED) is 0.833. The van der Waals surface area contributed by atoms with E-state index in [1.807, 2.05) is 6.07 Å². The van der Waals surface area contributed by atoms with Gasteiger partial charge in [0.05, 0.1) is 7.11 Å². The number of hydrogen-bond donors (Lipinski definition) is 1. The zero-order valence-corrected chi connectivity index (χ0v) is 8.46. The highest BCUT2D eigenvalue weighted by molar-refractivity contribution is 9.10. The molecular formula is C8H7BrN2O2. The van der Waals surface area contributed by atoms with E-state index in [2.05, 4.69) is 21.1 Å².